The second kappa shape index (κ2) is 6.14. The minimum atomic E-state index is -3.03. The molecule has 21 heavy (non-hydrogen) atoms. The Morgan fingerprint density at radius 3 is 2.81 bits per heavy atom. The van der Waals surface area contributed by atoms with Gasteiger partial charge in [0.25, 0.3) is 5.91 Å². The van der Waals surface area contributed by atoms with Crippen LogP contribution < -0.4 is 4.74 Å². The number of benzene rings is 1. The Hall–Kier alpha value is -2.07. The van der Waals surface area contributed by atoms with E-state index in [4.69, 9.17) is 10.00 Å². The van der Waals surface area contributed by atoms with Gasteiger partial charge in [0.1, 0.15) is 11.8 Å². The topological polar surface area (TPSA) is 87.5 Å². The quantitative estimate of drug-likeness (QED) is 0.812. The van der Waals surface area contributed by atoms with Crippen LogP contribution in [0.1, 0.15) is 12.0 Å². The third kappa shape index (κ3) is 3.73. The summed E-state index contributed by atoms with van der Waals surface area (Å²) in [6.07, 6.45) is 0.458. The van der Waals surface area contributed by atoms with Gasteiger partial charge in [-0.15, -0.1) is 0 Å². The number of para-hydroxylation sites is 1. The zero-order valence-corrected chi connectivity index (χ0v) is 12.5. The van der Waals surface area contributed by atoms with Crippen molar-refractivity contribution in [2.75, 3.05) is 25.2 Å². The van der Waals surface area contributed by atoms with Crippen molar-refractivity contribution < 1.29 is 17.9 Å². The predicted molar refractivity (Wildman–Crippen MR) is 76.5 cm³/mol. The average molecular weight is 308 g/mol. The van der Waals surface area contributed by atoms with Crippen molar-refractivity contribution in [3.8, 4) is 11.8 Å². The molecule has 2 rings (SSSR count). The molecule has 1 saturated heterocycles. The Kier molecular flexibility index (Phi) is 4.48. The summed E-state index contributed by atoms with van der Waals surface area (Å²) in [5.74, 6) is 0.169. The Labute approximate surface area is 123 Å². The maximum atomic E-state index is 12.0. The van der Waals surface area contributed by atoms with Gasteiger partial charge in [-0.05, 0) is 18.6 Å². The zero-order valence-electron chi connectivity index (χ0n) is 11.7. The van der Waals surface area contributed by atoms with Crippen molar-refractivity contribution in [1.29, 1.82) is 5.26 Å². The van der Waals surface area contributed by atoms with Crippen LogP contribution in [0.3, 0.4) is 0 Å². The zero-order chi connectivity index (χ0) is 15.5. The first kappa shape index (κ1) is 15.3. The predicted octanol–water partition coefficient (Wildman–Crippen LogP) is 0.583. The summed E-state index contributed by atoms with van der Waals surface area (Å²) in [7, 11) is -1.45. The highest BCUT2D eigenvalue weighted by molar-refractivity contribution is 7.91. The SMILES string of the molecule is CN(C(=O)COc1ccccc1C#N)C1CCS(=O)(=O)C1. The van der Waals surface area contributed by atoms with Crippen LogP contribution in [-0.2, 0) is 14.6 Å². The lowest BCUT2D eigenvalue weighted by atomic mass is 10.2. The standard InChI is InChI=1S/C14H16N2O4S/c1-16(12-6-7-21(18,19)10-12)14(17)9-20-13-5-3-2-4-11(13)8-15/h2-5,12H,6-7,9-10H2,1H3. The molecule has 0 aliphatic carbocycles. The normalized spacial score (nSPS) is 19.7. The van der Waals surface area contributed by atoms with Crippen molar-refractivity contribution in [3.05, 3.63) is 29.8 Å². The van der Waals surface area contributed by atoms with Crippen LogP contribution >= 0.6 is 0 Å². The van der Waals surface area contributed by atoms with E-state index in [-0.39, 0.29) is 30.1 Å². The van der Waals surface area contributed by atoms with Gasteiger partial charge in [-0.25, -0.2) is 8.42 Å². The lowest BCUT2D eigenvalue weighted by Crippen LogP contribution is -2.40. The first-order valence-electron chi connectivity index (χ1n) is 6.51. The molecule has 1 aromatic carbocycles. The van der Waals surface area contributed by atoms with E-state index in [0.717, 1.165) is 0 Å². The monoisotopic (exact) mass is 308 g/mol. The van der Waals surface area contributed by atoms with E-state index in [1.807, 2.05) is 6.07 Å². The van der Waals surface area contributed by atoms with Crippen LogP contribution in [0.25, 0.3) is 0 Å². The molecule has 1 atom stereocenters. The minimum absolute atomic E-state index is 0.00399. The van der Waals surface area contributed by atoms with Gasteiger partial charge in [-0.3, -0.25) is 4.79 Å². The van der Waals surface area contributed by atoms with Crippen molar-refractivity contribution in [2.24, 2.45) is 0 Å². The molecule has 0 radical (unpaired) electrons. The molecule has 1 aliphatic heterocycles. The van der Waals surface area contributed by atoms with Crippen molar-refractivity contribution in [2.45, 2.75) is 12.5 Å². The Morgan fingerprint density at radius 1 is 1.48 bits per heavy atom. The molecular weight excluding hydrogens is 292 g/mol. The number of sulfone groups is 1. The maximum absolute atomic E-state index is 12.0. The fourth-order valence-electron chi connectivity index (χ4n) is 2.21. The van der Waals surface area contributed by atoms with Gasteiger partial charge in [0, 0.05) is 13.1 Å². The highest BCUT2D eigenvalue weighted by Crippen LogP contribution is 2.18. The molecule has 1 heterocycles. The number of hydrogen-bond acceptors (Lipinski definition) is 5. The molecule has 6 nitrogen and oxygen atoms in total. The second-order valence-corrected chi connectivity index (χ2v) is 7.19. The Bertz CT molecular complexity index is 678. The van der Waals surface area contributed by atoms with Crippen LogP contribution in [0.2, 0.25) is 0 Å². The summed E-state index contributed by atoms with van der Waals surface area (Å²) in [6, 6.07) is 8.34. The van der Waals surface area contributed by atoms with E-state index in [2.05, 4.69) is 0 Å². The van der Waals surface area contributed by atoms with Crippen LogP contribution in [0.5, 0.6) is 5.75 Å². The molecule has 1 fully saturated rings. The first-order valence-corrected chi connectivity index (χ1v) is 8.33. The summed E-state index contributed by atoms with van der Waals surface area (Å²) in [5, 5.41) is 8.93. The van der Waals surface area contributed by atoms with Crippen molar-refractivity contribution in [1.82, 2.24) is 4.90 Å². The number of carbonyl (C=O) groups is 1. The fraction of sp³-hybridized carbons (Fsp3) is 0.429. The van der Waals surface area contributed by atoms with E-state index in [1.54, 1.807) is 31.3 Å². The van der Waals surface area contributed by atoms with E-state index in [0.29, 0.717) is 17.7 Å². The molecule has 1 aliphatic rings. The minimum Gasteiger partial charge on any atom is -0.482 e. The number of rotatable bonds is 4. The summed E-state index contributed by atoms with van der Waals surface area (Å²) < 4.78 is 28.2. The number of amides is 1. The van der Waals surface area contributed by atoms with Crippen molar-refractivity contribution >= 4 is 15.7 Å². The van der Waals surface area contributed by atoms with Gasteiger partial charge in [0.2, 0.25) is 0 Å². The summed E-state index contributed by atoms with van der Waals surface area (Å²) in [6.45, 7) is -0.217. The van der Waals surface area contributed by atoms with E-state index in [9.17, 15) is 13.2 Å². The number of nitrogens with zero attached hydrogens (tertiary/aromatic N) is 2. The van der Waals surface area contributed by atoms with Gasteiger partial charge in [0.05, 0.1) is 17.1 Å². The molecule has 1 unspecified atom stereocenters. The van der Waals surface area contributed by atoms with Crippen LogP contribution in [0.4, 0.5) is 0 Å². The van der Waals surface area contributed by atoms with Crippen LogP contribution in [0.15, 0.2) is 24.3 Å². The highest BCUT2D eigenvalue weighted by atomic mass is 32.2. The lowest BCUT2D eigenvalue weighted by Gasteiger charge is -2.23. The molecule has 0 aromatic heterocycles. The largest absolute Gasteiger partial charge is 0.482 e. The van der Waals surface area contributed by atoms with Gasteiger partial charge in [0.15, 0.2) is 16.4 Å². The van der Waals surface area contributed by atoms with E-state index in [1.165, 1.54) is 4.90 Å². The lowest BCUT2D eigenvalue weighted by molar-refractivity contribution is -0.133. The Balaban J connectivity index is 1.95. The average Bonchev–Trinajstić information content (AvgIpc) is 2.84. The molecular formula is C14H16N2O4S. The molecule has 1 amide bonds. The van der Waals surface area contributed by atoms with Gasteiger partial charge in [-0.1, -0.05) is 12.1 Å². The van der Waals surface area contributed by atoms with E-state index < -0.39 is 9.84 Å². The number of likely N-dealkylation sites (N-methyl/N-ethyl adjacent to an activating group) is 1. The number of nitriles is 1. The van der Waals surface area contributed by atoms with E-state index >= 15 is 0 Å². The van der Waals surface area contributed by atoms with Gasteiger partial charge in [-0.2, -0.15) is 5.26 Å². The third-order valence-corrected chi connectivity index (χ3v) is 5.26. The number of ether oxygens (including phenoxy) is 1. The number of carbonyl (C=O) groups excluding carboxylic acids is 1. The van der Waals surface area contributed by atoms with Crippen LogP contribution in [-0.4, -0.2) is 50.4 Å². The molecule has 0 bridgehead atoms. The van der Waals surface area contributed by atoms with Crippen LogP contribution in [0, 0.1) is 11.3 Å². The molecule has 0 saturated carbocycles. The summed E-state index contributed by atoms with van der Waals surface area (Å²) in [4.78, 5) is 13.5. The van der Waals surface area contributed by atoms with Gasteiger partial charge < -0.3 is 9.64 Å². The smallest absolute Gasteiger partial charge is 0.260 e. The third-order valence-electron chi connectivity index (χ3n) is 3.51. The van der Waals surface area contributed by atoms with Gasteiger partial charge >= 0.3 is 0 Å². The molecule has 112 valence electrons. The number of hydrogen-bond donors (Lipinski definition) is 0. The molecule has 1 aromatic rings. The second-order valence-electron chi connectivity index (χ2n) is 4.96. The molecule has 0 spiro atoms. The Morgan fingerprint density at radius 2 is 2.19 bits per heavy atom. The highest BCUT2D eigenvalue weighted by Gasteiger charge is 2.32. The molecule has 7 heteroatoms. The summed E-state index contributed by atoms with van der Waals surface area (Å²) in [5.41, 5.74) is 0.358. The molecule has 0 N–H and O–H groups in total. The maximum Gasteiger partial charge on any atom is 0.260 e. The van der Waals surface area contributed by atoms with Crippen molar-refractivity contribution in [3.63, 3.8) is 0 Å². The first-order chi connectivity index (χ1) is 9.93. The summed E-state index contributed by atoms with van der Waals surface area (Å²) >= 11 is 0. The fourth-order valence-corrected chi connectivity index (χ4v) is 3.99.